The third-order valence-electron chi connectivity index (χ3n) is 8.12. The van der Waals surface area contributed by atoms with E-state index in [1.54, 1.807) is 0 Å². The van der Waals surface area contributed by atoms with Crippen molar-refractivity contribution in [3.8, 4) is 22.4 Å². The second-order valence-electron chi connectivity index (χ2n) is 10.3. The lowest BCUT2D eigenvalue weighted by Crippen LogP contribution is -2.46. The van der Waals surface area contributed by atoms with Gasteiger partial charge < -0.3 is 24.7 Å². The van der Waals surface area contributed by atoms with Crippen molar-refractivity contribution >= 4 is 28.0 Å². The van der Waals surface area contributed by atoms with Crippen molar-refractivity contribution in [3.05, 3.63) is 55.2 Å². The van der Waals surface area contributed by atoms with E-state index >= 15 is 0 Å². The Morgan fingerprint density at radius 3 is 2.66 bits per heavy atom. The van der Waals surface area contributed by atoms with Gasteiger partial charge in [-0.2, -0.15) is 0 Å². The molecular formula is C29H33N9. The summed E-state index contributed by atoms with van der Waals surface area (Å²) in [4.78, 5) is 27.3. The summed E-state index contributed by atoms with van der Waals surface area (Å²) in [5, 5.41) is 3.52. The summed E-state index contributed by atoms with van der Waals surface area (Å²) < 4.78 is 2.33. The Morgan fingerprint density at radius 1 is 0.974 bits per heavy atom. The number of H-pyrrole nitrogens is 1. The number of benzene rings is 1. The number of piperidine rings is 1. The van der Waals surface area contributed by atoms with Crippen LogP contribution in [0.15, 0.2) is 55.2 Å². The highest BCUT2D eigenvalue weighted by atomic mass is 15.3. The maximum absolute atomic E-state index is 5.04. The molecule has 0 unspecified atom stereocenters. The molecule has 9 heteroatoms. The summed E-state index contributed by atoms with van der Waals surface area (Å²) in [6.07, 6.45) is 10.1. The number of likely N-dealkylation sites (N-methyl/N-ethyl adjacent to an activating group) is 1. The van der Waals surface area contributed by atoms with Crippen molar-refractivity contribution in [3.63, 3.8) is 0 Å². The molecule has 2 aliphatic rings. The number of hydrogen-bond acceptors (Lipinski definition) is 7. The quantitative estimate of drug-likeness (QED) is 0.370. The van der Waals surface area contributed by atoms with E-state index in [0.29, 0.717) is 6.04 Å². The SMILES string of the molecule is CCN1CCN(c2ccc(-c3cnc4[nH]cc(-c5ccc6ncn([C@H]7CCCNC7)c6c5)c4n3)cn2)CC1. The summed E-state index contributed by atoms with van der Waals surface area (Å²) in [6, 6.07) is 11.1. The predicted molar refractivity (Wildman–Crippen MR) is 151 cm³/mol. The number of hydrogen-bond donors (Lipinski definition) is 2. The zero-order chi connectivity index (χ0) is 25.5. The molecule has 2 N–H and O–H groups in total. The van der Waals surface area contributed by atoms with Crippen LogP contribution in [-0.2, 0) is 0 Å². The average Bonchev–Trinajstić information content (AvgIpc) is 3.61. The van der Waals surface area contributed by atoms with E-state index in [4.69, 9.17) is 9.97 Å². The van der Waals surface area contributed by atoms with Gasteiger partial charge in [0.15, 0.2) is 5.65 Å². The molecule has 38 heavy (non-hydrogen) atoms. The minimum absolute atomic E-state index is 0.435. The van der Waals surface area contributed by atoms with Gasteiger partial charge in [-0.25, -0.2) is 19.9 Å². The zero-order valence-electron chi connectivity index (χ0n) is 21.8. The summed E-state index contributed by atoms with van der Waals surface area (Å²) in [7, 11) is 0. The minimum atomic E-state index is 0.435. The number of nitrogens with one attached hydrogen (secondary N) is 2. The number of pyridine rings is 1. The van der Waals surface area contributed by atoms with Crippen LogP contribution in [0.5, 0.6) is 0 Å². The minimum Gasteiger partial charge on any atom is -0.354 e. The summed E-state index contributed by atoms with van der Waals surface area (Å²) >= 11 is 0. The van der Waals surface area contributed by atoms with E-state index in [1.807, 2.05) is 24.9 Å². The van der Waals surface area contributed by atoms with Crippen molar-refractivity contribution in [2.24, 2.45) is 0 Å². The Bertz CT molecular complexity index is 1550. The Kier molecular flexibility index (Phi) is 6.02. The first-order valence-corrected chi connectivity index (χ1v) is 13.7. The topological polar surface area (TPSA) is 90.8 Å². The number of anilines is 1. The van der Waals surface area contributed by atoms with Gasteiger partial charge in [0.2, 0.25) is 0 Å². The molecule has 0 saturated carbocycles. The van der Waals surface area contributed by atoms with E-state index in [2.05, 4.69) is 71.9 Å². The lowest BCUT2D eigenvalue weighted by molar-refractivity contribution is 0.270. The number of nitrogens with zero attached hydrogens (tertiary/aromatic N) is 7. The van der Waals surface area contributed by atoms with Crippen LogP contribution in [0.4, 0.5) is 5.82 Å². The summed E-state index contributed by atoms with van der Waals surface area (Å²) in [5.74, 6) is 1.03. The zero-order valence-corrected chi connectivity index (χ0v) is 21.8. The first-order valence-electron chi connectivity index (χ1n) is 13.7. The van der Waals surface area contributed by atoms with Gasteiger partial charge in [0.05, 0.1) is 29.3 Å². The molecule has 6 heterocycles. The van der Waals surface area contributed by atoms with Crippen LogP contribution in [0.3, 0.4) is 0 Å². The Labute approximate surface area is 221 Å². The van der Waals surface area contributed by atoms with Crippen molar-refractivity contribution < 1.29 is 0 Å². The molecule has 0 spiro atoms. The second-order valence-corrected chi connectivity index (χ2v) is 10.3. The highest BCUT2D eigenvalue weighted by molar-refractivity contribution is 5.94. The number of aromatic amines is 1. The van der Waals surface area contributed by atoms with Gasteiger partial charge in [0, 0.05) is 62.3 Å². The van der Waals surface area contributed by atoms with Crippen LogP contribution >= 0.6 is 0 Å². The fourth-order valence-electron chi connectivity index (χ4n) is 5.82. The third kappa shape index (κ3) is 4.21. The number of imidazole rings is 1. The normalized spacial score (nSPS) is 19.0. The van der Waals surface area contributed by atoms with E-state index in [9.17, 15) is 0 Å². The van der Waals surface area contributed by atoms with Gasteiger partial charge in [-0.1, -0.05) is 13.0 Å². The molecule has 4 aromatic heterocycles. The lowest BCUT2D eigenvalue weighted by atomic mass is 10.1. The maximum atomic E-state index is 5.04. The fourth-order valence-corrected chi connectivity index (χ4v) is 5.82. The smallest absolute Gasteiger partial charge is 0.156 e. The van der Waals surface area contributed by atoms with Gasteiger partial charge in [0.1, 0.15) is 11.3 Å². The van der Waals surface area contributed by atoms with Gasteiger partial charge in [-0.15, -0.1) is 0 Å². The highest BCUT2D eigenvalue weighted by Gasteiger charge is 2.19. The number of fused-ring (bicyclic) bond motifs is 2. The fraction of sp³-hybridized carbons (Fsp3) is 0.379. The van der Waals surface area contributed by atoms with Crippen LogP contribution in [-0.4, -0.2) is 80.2 Å². The molecule has 1 aromatic carbocycles. The summed E-state index contributed by atoms with van der Waals surface area (Å²) in [6.45, 7) is 9.61. The molecule has 2 fully saturated rings. The first kappa shape index (κ1) is 23.3. The van der Waals surface area contributed by atoms with Crippen molar-refractivity contribution in [1.29, 1.82) is 0 Å². The Hall–Kier alpha value is -3.82. The number of piperazine rings is 1. The molecule has 2 aliphatic heterocycles. The average molecular weight is 508 g/mol. The van der Waals surface area contributed by atoms with Crippen LogP contribution in [0.25, 0.3) is 44.6 Å². The Morgan fingerprint density at radius 2 is 1.87 bits per heavy atom. The largest absolute Gasteiger partial charge is 0.354 e. The summed E-state index contributed by atoms with van der Waals surface area (Å²) in [5.41, 5.74) is 7.79. The molecule has 0 amide bonds. The van der Waals surface area contributed by atoms with Crippen molar-refractivity contribution in [2.75, 3.05) is 50.7 Å². The lowest BCUT2D eigenvalue weighted by Gasteiger charge is -2.34. The first-order chi connectivity index (χ1) is 18.8. The molecule has 2 saturated heterocycles. The molecule has 0 bridgehead atoms. The van der Waals surface area contributed by atoms with Gasteiger partial charge in [0.25, 0.3) is 0 Å². The van der Waals surface area contributed by atoms with Crippen LogP contribution < -0.4 is 10.2 Å². The molecule has 0 radical (unpaired) electrons. The standard InChI is InChI=1S/C29H33N9/c1-2-36-10-12-37(13-11-36)27-8-6-21(15-31-27)25-18-33-29-28(35-25)23(17-32-29)20-5-7-24-26(14-20)38(19-34-24)22-4-3-9-30-16-22/h5-8,14-15,17-19,22,30H,2-4,9-13,16H2,1H3,(H,32,33)/t22-/m0/s1. The molecule has 5 aromatic rings. The monoisotopic (exact) mass is 507 g/mol. The molecule has 1 atom stereocenters. The van der Waals surface area contributed by atoms with E-state index in [-0.39, 0.29) is 0 Å². The third-order valence-corrected chi connectivity index (χ3v) is 8.12. The van der Waals surface area contributed by atoms with Crippen LogP contribution in [0.1, 0.15) is 25.8 Å². The molecule has 194 valence electrons. The van der Waals surface area contributed by atoms with Gasteiger partial charge >= 0.3 is 0 Å². The van der Waals surface area contributed by atoms with E-state index in [1.165, 1.54) is 12.8 Å². The maximum Gasteiger partial charge on any atom is 0.156 e. The molecule has 0 aliphatic carbocycles. The van der Waals surface area contributed by atoms with E-state index < -0.39 is 0 Å². The van der Waals surface area contributed by atoms with Gasteiger partial charge in [-0.3, -0.25) is 0 Å². The molecule has 7 rings (SSSR count). The number of rotatable bonds is 5. The second kappa shape index (κ2) is 9.81. The molecular weight excluding hydrogens is 474 g/mol. The van der Waals surface area contributed by atoms with Crippen LogP contribution in [0.2, 0.25) is 0 Å². The van der Waals surface area contributed by atoms with Crippen molar-refractivity contribution in [1.82, 2.24) is 39.7 Å². The van der Waals surface area contributed by atoms with Gasteiger partial charge in [-0.05, 0) is 55.8 Å². The highest BCUT2D eigenvalue weighted by Crippen LogP contribution is 2.32. The predicted octanol–water partition coefficient (Wildman–Crippen LogP) is 4.10. The van der Waals surface area contributed by atoms with E-state index in [0.717, 1.165) is 96.2 Å². The number of aromatic nitrogens is 6. The van der Waals surface area contributed by atoms with Crippen molar-refractivity contribution in [2.45, 2.75) is 25.8 Å². The molecule has 9 nitrogen and oxygen atoms in total. The van der Waals surface area contributed by atoms with Crippen LogP contribution in [0, 0.1) is 0 Å². The Balaban J connectivity index is 1.19.